The van der Waals surface area contributed by atoms with Crippen molar-refractivity contribution in [1.29, 1.82) is 0 Å². The van der Waals surface area contributed by atoms with Gasteiger partial charge >= 0.3 is 5.97 Å². The number of nitrogens with one attached hydrogen (secondary N) is 4. The van der Waals surface area contributed by atoms with E-state index in [0.717, 1.165) is 22.8 Å². The zero-order valence-corrected chi connectivity index (χ0v) is 18.1. The second-order valence-corrected chi connectivity index (χ2v) is 9.09. The highest BCUT2D eigenvalue weighted by Crippen LogP contribution is 2.24. The molecule has 0 aliphatic carbocycles. The minimum absolute atomic E-state index is 0.193. The van der Waals surface area contributed by atoms with Crippen LogP contribution in [0.1, 0.15) is 27.7 Å². The third-order valence-corrected chi connectivity index (χ3v) is 5.42. The van der Waals surface area contributed by atoms with Crippen LogP contribution in [0.2, 0.25) is 0 Å². The number of carboxylic acid groups (broad SMARTS) is 1. The first-order valence-corrected chi connectivity index (χ1v) is 11.6. The number of hydrogen-bond acceptors (Lipinski definition) is 6. The van der Waals surface area contributed by atoms with Crippen LogP contribution in [0.3, 0.4) is 0 Å². The molecule has 0 saturated carbocycles. The number of fused-ring (bicyclic) bond motifs is 1. The molecule has 0 unspecified atom stereocenters. The van der Waals surface area contributed by atoms with Crippen molar-refractivity contribution in [1.82, 2.24) is 10.3 Å². The summed E-state index contributed by atoms with van der Waals surface area (Å²) in [5.41, 5.74) is 3.52. The van der Waals surface area contributed by atoms with Crippen LogP contribution < -0.4 is 15.4 Å². The predicted molar refractivity (Wildman–Crippen MR) is 121 cm³/mol. The molecule has 0 aliphatic heterocycles. The van der Waals surface area contributed by atoms with Gasteiger partial charge in [-0.3, -0.25) is 4.72 Å². The van der Waals surface area contributed by atoms with Crippen LogP contribution in [0.4, 0.5) is 11.4 Å². The molecule has 3 rings (SSSR count). The van der Waals surface area contributed by atoms with E-state index >= 15 is 0 Å². The lowest BCUT2D eigenvalue weighted by atomic mass is 10.1. The molecular formula is C21H26N4O5S. The number of aryl methyl sites for hydroxylation is 1. The summed E-state index contributed by atoms with van der Waals surface area (Å²) >= 11 is 0. The van der Waals surface area contributed by atoms with E-state index in [1.165, 1.54) is 0 Å². The van der Waals surface area contributed by atoms with Crippen molar-refractivity contribution >= 4 is 38.3 Å². The third kappa shape index (κ3) is 5.97. The Labute approximate surface area is 180 Å². The molecule has 0 spiro atoms. The van der Waals surface area contributed by atoms with E-state index in [1.54, 1.807) is 31.2 Å². The Morgan fingerprint density at radius 3 is 2.61 bits per heavy atom. The Morgan fingerprint density at radius 1 is 1.13 bits per heavy atom. The predicted octanol–water partition coefficient (Wildman–Crippen LogP) is 2.28. The zero-order valence-electron chi connectivity index (χ0n) is 17.3. The van der Waals surface area contributed by atoms with Crippen LogP contribution in [0.5, 0.6) is 0 Å². The summed E-state index contributed by atoms with van der Waals surface area (Å²) in [5.74, 6) is -0.983. The van der Waals surface area contributed by atoms with E-state index in [9.17, 15) is 23.4 Å². The van der Waals surface area contributed by atoms with Gasteiger partial charge in [0, 0.05) is 41.9 Å². The lowest BCUT2D eigenvalue weighted by molar-refractivity contribution is 0.0690. The first-order valence-electron chi connectivity index (χ1n) is 9.70. The Bertz CT molecular complexity index is 1190. The van der Waals surface area contributed by atoms with E-state index in [1.807, 2.05) is 18.2 Å². The van der Waals surface area contributed by atoms with Gasteiger partial charge in [-0.05, 0) is 42.3 Å². The van der Waals surface area contributed by atoms with Gasteiger partial charge in [0.1, 0.15) is 5.69 Å². The Kier molecular flexibility index (Phi) is 6.84. The molecule has 1 heterocycles. The normalized spacial score (nSPS) is 12.6. The molecule has 2 aromatic carbocycles. The quantitative estimate of drug-likeness (QED) is 0.262. The van der Waals surface area contributed by atoms with Crippen molar-refractivity contribution in [2.75, 3.05) is 35.9 Å². The smallest absolute Gasteiger partial charge is 0.352 e. The number of aromatic carboxylic acids is 1. The number of aliphatic hydroxyl groups is 1. The second kappa shape index (κ2) is 9.38. The number of H-pyrrole nitrogens is 1. The first-order chi connectivity index (χ1) is 14.6. The van der Waals surface area contributed by atoms with Crippen LogP contribution in [0.25, 0.3) is 10.9 Å². The summed E-state index contributed by atoms with van der Waals surface area (Å²) in [4.78, 5) is 14.2. The molecule has 10 heteroatoms. The number of carboxylic acids is 1. The summed E-state index contributed by atoms with van der Waals surface area (Å²) in [6.07, 6.45) is 0.291. The largest absolute Gasteiger partial charge is 0.477 e. The summed E-state index contributed by atoms with van der Waals surface area (Å²) in [5, 5.41) is 26.8. The van der Waals surface area contributed by atoms with E-state index in [2.05, 4.69) is 20.3 Å². The maximum Gasteiger partial charge on any atom is 0.352 e. The van der Waals surface area contributed by atoms with Gasteiger partial charge in [0.05, 0.1) is 12.4 Å². The summed E-state index contributed by atoms with van der Waals surface area (Å²) in [6, 6.07) is 12.3. The molecular weight excluding hydrogens is 420 g/mol. The Balaban J connectivity index is 1.49. The van der Waals surface area contributed by atoms with E-state index in [-0.39, 0.29) is 5.69 Å². The van der Waals surface area contributed by atoms with Crippen molar-refractivity contribution in [3.05, 3.63) is 59.3 Å². The van der Waals surface area contributed by atoms with Gasteiger partial charge in [-0.2, -0.15) is 0 Å². The molecule has 166 valence electrons. The first kappa shape index (κ1) is 22.6. The summed E-state index contributed by atoms with van der Waals surface area (Å²) in [7, 11) is -3.38. The lowest BCUT2D eigenvalue weighted by Gasteiger charge is -2.14. The van der Waals surface area contributed by atoms with Gasteiger partial charge < -0.3 is 25.8 Å². The second-order valence-electron chi connectivity index (χ2n) is 7.34. The Hall–Kier alpha value is -3.08. The van der Waals surface area contributed by atoms with E-state index < -0.39 is 22.1 Å². The fourth-order valence-corrected chi connectivity index (χ4v) is 3.89. The van der Waals surface area contributed by atoms with Crippen molar-refractivity contribution in [2.45, 2.75) is 13.0 Å². The number of aromatic nitrogens is 1. The molecule has 0 saturated heterocycles. The van der Waals surface area contributed by atoms with E-state index in [0.29, 0.717) is 36.4 Å². The maximum absolute atomic E-state index is 11.3. The lowest BCUT2D eigenvalue weighted by Crippen LogP contribution is -2.27. The number of anilines is 2. The number of aliphatic hydroxyl groups excluding tert-OH is 1. The fraction of sp³-hybridized carbons (Fsp3) is 0.286. The fourth-order valence-electron chi connectivity index (χ4n) is 3.34. The maximum atomic E-state index is 11.3. The molecule has 0 fully saturated rings. The van der Waals surface area contributed by atoms with Crippen molar-refractivity contribution in [3.63, 3.8) is 0 Å². The number of sulfonamides is 1. The number of rotatable bonds is 10. The van der Waals surface area contributed by atoms with Gasteiger partial charge in [-0.15, -0.1) is 0 Å². The molecule has 31 heavy (non-hydrogen) atoms. The summed E-state index contributed by atoms with van der Waals surface area (Å²) < 4.78 is 25.1. The van der Waals surface area contributed by atoms with Crippen molar-refractivity contribution < 1.29 is 23.4 Å². The van der Waals surface area contributed by atoms with Crippen molar-refractivity contribution in [2.24, 2.45) is 0 Å². The number of benzene rings is 2. The molecule has 1 aromatic heterocycles. The highest BCUT2D eigenvalue weighted by molar-refractivity contribution is 7.92. The van der Waals surface area contributed by atoms with Crippen LogP contribution in [0, 0.1) is 6.92 Å². The van der Waals surface area contributed by atoms with Crippen molar-refractivity contribution in [3.8, 4) is 0 Å². The van der Waals surface area contributed by atoms with Gasteiger partial charge in [0.2, 0.25) is 10.0 Å². The molecule has 9 nitrogen and oxygen atoms in total. The van der Waals surface area contributed by atoms with Crippen LogP contribution in [-0.4, -0.2) is 55.5 Å². The molecule has 6 N–H and O–H groups in total. The van der Waals surface area contributed by atoms with Gasteiger partial charge in [-0.1, -0.05) is 18.2 Å². The molecule has 0 aliphatic rings. The summed E-state index contributed by atoms with van der Waals surface area (Å²) in [6.45, 7) is 3.26. The highest BCUT2D eigenvalue weighted by atomic mass is 32.2. The average molecular weight is 447 g/mol. The molecule has 1 atom stereocenters. The topological polar surface area (TPSA) is 144 Å². The number of carbonyl (C=O) groups is 1. The van der Waals surface area contributed by atoms with Gasteiger partial charge in [-0.25, -0.2) is 13.2 Å². The number of aromatic amines is 1. The zero-order chi connectivity index (χ0) is 22.6. The molecule has 0 amide bonds. The molecule has 0 bridgehead atoms. The average Bonchev–Trinajstić information content (AvgIpc) is 3.03. The number of hydrogen-bond donors (Lipinski definition) is 6. The highest BCUT2D eigenvalue weighted by Gasteiger charge is 2.13. The SMILES string of the molecule is Cc1c(C(=O)O)[nH]c2cc(NCCNC[C@H](O)c3cccc(NS(C)(=O)=O)c3)ccc12. The minimum Gasteiger partial charge on any atom is -0.477 e. The standard InChI is InChI=1S/C21H26N4O5S/c1-13-17-7-6-15(11-18(17)24-20(13)21(27)28)23-9-8-22-12-19(26)14-4-3-5-16(10-14)25-31(2,29)30/h3-7,10-11,19,22-26H,8-9,12H2,1-2H3,(H,27,28)/t19-/m0/s1. The van der Waals surface area contributed by atoms with Gasteiger partial charge in [0.25, 0.3) is 0 Å². The molecule has 3 aromatic rings. The minimum atomic E-state index is -3.38. The van der Waals surface area contributed by atoms with Crippen LogP contribution in [0.15, 0.2) is 42.5 Å². The van der Waals surface area contributed by atoms with Crippen LogP contribution in [-0.2, 0) is 10.0 Å². The molecule has 0 radical (unpaired) electrons. The van der Waals surface area contributed by atoms with Gasteiger partial charge in [0.15, 0.2) is 0 Å². The monoisotopic (exact) mass is 446 g/mol. The third-order valence-electron chi connectivity index (χ3n) is 4.82. The van der Waals surface area contributed by atoms with E-state index in [4.69, 9.17) is 0 Å². The Morgan fingerprint density at radius 2 is 1.90 bits per heavy atom. The van der Waals surface area contributed by atoms with Crippen LogP contribution >= 0.6 is 0 Å².